The van der Waals surface area contributed by atoms with Crippen LogP contribution in [0.3, 0.4) is 0 Å². The lowest BCUT2D eigenvalue weighted by molar-refractivity contribution is 0.0930. The molecule has 6 nitrogen and oxygen atoms in total. The number of furan rings is 1. The molecule has 3 aromatic rings. The Morgan fingerprint density at radius 2 is 2.16 bits per heavy atom. The van der Waals surface area contributed by atoms with Gasteiger partial charge < -0.3 is 14.3 Å². The van der Waals surface area contributed by atoms with Gasteiger partial charge in [0.25, 0.3) is 5.91 Å². The first-order valence-corrected chi connectivity index (χ1v) is 8.44. The Hall–Kier alpha value is -2.09. The van der Waals surface area contributed by atoms with Crippen LogP contribution in [0.5, 0.6) is 0 Å². The molecule has 3 aromatic heterocycles. The van der Waals surface area contributed by atoms with Gasteiger partial charge in [-0.1, -0.05) is 11.2 Å². The van der Waals surface area contributed by atoms with E-state index in [0.29, 0.717) is 12.3 Å². The van der Waals surface area contributed by atoms with Crippen LogP contribution < -0.4 is 5.32 Å². The number of aromatic nitrogens is 1. The van der Waals surface area contributed by atoms with Crippen molar-refractivity contribution in [3.05, 3.63) is 52.9 Å². The number of rotatable bonds is 6. The predicted molar refractivity (Wildman–Crippen MR) is 99.3 cm³/mol. The molecule has 1 unspecified atom stereocenters. The molecule has 0 saturated carbocycles. The lowest BCUT2D eigenvalue weighted by atomic mass is 10.2. The fraction of sp³-hybridized carbons (Fsp3) is 0.294. The van der Waals surface area contributed by atoms with Crippen molar-refractivity contribution in [3.63, 3.8) is 0 Å². The SMILES string of the molecule is Cc1ccc(C(CNC(=O)c2cc(-c3cccs3)on2)N(C)C)o1.Cl. The monoisotopic (exact) mass is 381 g/mol. The zero-order valence-electron chi connectivity index (χ0n) is 14.2. The number of hydrogen-bond acceptors (Lipinski definition) is 6. The molecule has 0 aliphatic heterocycles. The Morgan fingerprint density at radius 1 is 1.36 bits per heavy atom. The van der Waals surface area contributed by atoms with E-state index in [2.05, 4.69) is 10.5 Å². The molecule has 0 aliphatic rings. The molecule has 0 aromatic carbocycles. The van der Waals surface area contributed by atoms with Crippen molar-refractivity contribution in [2.24, 2.45) is 0 Å². The van der Waals surface area contributed by atoms with E-state index in [1.807, 2.05) is 55.6 Å². The van der Waals surface area contributed by atoms with Gasteiger partial charge in [0, 0.05) is 12.6 Å². The largest absolute Gasteiger partial charge is 0.465 e. The van der Waals surface area contributed by atoms with E-state index < -0.39 is 0 Å². The van der Waals surface area contributed by atoms with Gasteiger partial charge in [-0.2, -0.15) is 0 Å². The van der Waals surface area contributed by atoms with E-state index in [1.54, 1.807) is 6.07 Å². The lowest BCUT2D eigenvalue weighted by Crippen LogP contribution is -2.34. The number of likely N-dealkylation sites (N-methyl/N-ethyl adjacent to an activating group) is 1. The molecule has 1 amide bonds. The zero-order valence-corrected chi connectivity index (χ0v) is 15.8. The highest BCUT2D eigenvalue weighted by atomic mass is 35.5. The van der Waals surface area contributed by atoms with E-state index in [9.17, 15) is 4.79 Å². The first kappa shape index (κ1) is 19.2. The Morgan fingerprint density at radius 3 is 2.76 bits per heavy atom. The third kappa shape index (κ3) is 4.50. The third-order valence-corrected chi connectivity index (χ3v) is 4.56. The van der Waals surface area contributed by atoms with Gasteiger partial charge in [0.15, 0.2) is 11.5 Å². The Labute approximate surface area is 156 Å². The quantitative estimate of drug-likeness (QED) is 0.703. The standard InChI is InChI=1S/C17H19N3O3S.ClH/c1-11-6-7-14(22-11)13(20(2)3)10-18-17(21)12-9-15(23-19-12)16-5-4-8-24-16;/h4-9,13H,10H2,1-3H3,(H,18,21);1H. The molecule has 8 heteroatoms. The maximum atomic E-state index is 12.3. The van der Waals surface area contributed by atoms with E-state index in [1.165, 1.54) is 11.3 Å². The van der Waals surface area contributed by atoms with E-state index in [4.69, 9.17) is 8.94 Å². The second-order valence-corrected chi connectivity index (χ2v) is 6.64. The number of carbonyl (C=O) groups is 1. The van der Waals surface area contributed by atoms with Gasteiger partial charge in [-0.15, -0.1) is 23.7 Å². The number of carbonyl (C=O) groups excluding carboxylic acids is 1. The number of thiophene rings is 1. The van der Waals surface area contributed by atoms with Gasteiger partial charge in [-0.05, 0) is 44.6 Å². The van der Waals surface area contributed by atoms with Crippen molar-refractivity contribution in [1.82, 2.24) is 15.4 Å². The van der Waals surface area contributed by atoms with E-state index in [-0.39, 0.29) is 30.0 Å². The van der Waals surface area contributed by atoms with Crippen LogP contribution in [-0.2, 0) is 0 Å². The summed E-state index contributed by atoms with van der Waals surface area (Å²) in [4.78, 5) is 15.3. The normalized spacial score (nSPS) is 12.0. The number of halogens is 1. The Bertz CT molecular complexity index is 811. The van der Waals surface area contributed by atoms with Gasteiger partial charge in [0.2, 0.25) is 0 Å². The Kier molecular flexibility index (Phi) is 6.41. The van der Waals surface area contributed by atoms with Crippen LogP contribution in [0, 0.1) is 6.92 Å². The first-order valence-electron chi connectivity index (χ1n) is 7.56. The van der Waals surface area contributed by atoms with Gasteiger partial charge in [-0.25, -0.2) is 0 Å². The molecule has 0 bridgehead atoms. The Balaban J connectivity index is 0.00000225. The highest BCUT2D eigenvalue weighted by Gasteiger charge is 2.20. The van der Waals surface area contributed by atoms with Crippen molar-refractivity contribution in [3.8, 4) is 10.6 Å². The molecule has 1 atom stereocenters. The van der Waals surface area contributed by atoms with Gasteiger partial charge in [0.05, 0.1) is 10.9 Å². The van der Waals surface area contributed by atoms with Crippen molar-refractivity contribution < 1.29 is 13.7 Å². The molecule has 0 radical (unpaired) electrons. The molecule has 0 fully saturated rings. The maximum absolute atomic E-state index is 12.3. The smallest absolute Gasteiger partial charge is 0.273 e. The fourth-order valence-electron chi connectivity index (χ4n) is 2.37. The number of hydrogen-bond donors (Lipinski definition) is 1. The van der Waals surface area contributed by atoms with Crippen LogP contribution in [0.25, 0.3) is 10.6 Å². The van der Waals surface area contributed by atoms with Crippen LogP contribution >= 0.6 is 23.7 Å². The van der Waals surface area contributed by atoms with E-state index in [0.717, 1.165) is 16.4 Å². The topological polar surface area (TPSA) is 71.5 Å². The van der Waals surface area contributed by atoms with Crippen LogP contribution in [0.2, 0.25) is 0 Å². The summed E-state index contributed by atoms with van der Waals surface area (Å²) in [5.41, 5.74) is 0.270. The van der Waals surface area contributed by atoms with Crippen molar-refractivity contribution in [2.45, 2.75) is 13.0 Å². The summed E-state index contributed by atoms with van der Waals surface area (Å²) in [7, 11) is 3.89. The molecule has 0 saturated heterocycles. The third-order valence-electron chi connectivity index (χ3n) is 3.68. The minimum Gasteiger partial charge on any atom is -0.465 e. The molecule has 25 heavy (non-hydrogen) atoms. The van der Waals surface area contributed by atoms with Crippen molar-refractivity contribution in [2.75, 3.05) is 20.6 Å². The second-order valence-electron chi connectivity index (χ2n) is 5.69. The van der Waals surface area contributed by atoms with Crippen LogP contribution in [0.4, 0.5) is 0 Å². The summed E-state index contributed by atoms with van der Waals surface area (Å²) in [6.45, 7) is 2.32. The van der Waals surface area contributed by atoms with E-state index >= 15 is 0 Å². The van der Waals surface area contributed by atoms with Crippen LogP contribution in [-0.4, -0.2) is 36.6 Å². The summed E-state index contributed by atoms with van der Waals surface area (Å²) in [5.74, 6) is 2.00. The summed E-state index contributed by atoms with van der Waals surface area (Å²) in [5, 5.41) is 8.69. The highest BCUT2D eigenvalue weighted by Crippen LogP contribution is 2.25. The molecular weight excluding hydrogens is 362 g/mol. The molecule has 0 aliphatic carbocycles. The minimum atomic E-state index is -0.267. The van der Waals surface area contributed by atoms with Gasteiger partial charge in [0.1, 0.15) is 11.5 Å². The zero-order chi connectivity index (χ0) is 17.1. The molecule has 3 heterocycles. The average molecular weight is 382 g/mol. The number of aryl methyl sites for hydroxylation is 1. The predicted octanol–water partition coefficient (Wildman–Crippen LogP) is 3.76. The summed E-state index contributed by atoms with van der Waals surface area (Å²) >= 11 is 1.54. The first-order chi connectivity index (χ1) is 11.5. The number of amides is 1. The second kappa shape index (κ2) is 8.33. The van der Waals surface area contributed by atoms with Gasteiger partial charge >= 0.3 is 0 Å². The molecule has 134 valence electrons. The summed E-state index contributed by atoms with van der Waals surface area (Å²) in [6, 6.07) is 9.30. The van der Waals surface area contributed by atoms with Crippen molar-refractivity contribution >= 4 is 29.7 Å². The average Bonchev–Trinajstić information content (AvgIpc) is 3.28. The molecule has 3 rings (SSSR count). The van der Waals surface area contributed by atoms with Crippen molar-refractivity contribution in [1.29, 1.82) is 0 Å². The van der Waals surface area contributed by atoms with Crippen LogP contribution in [0.1, 0.15) is 28.1 Å². The van der Waals surface area contributed by atoms with Gasteiger partial charge in [-0.3, -0.25) is 9.69 Å². The summed E-state index contributed by atoms with van der Waals surface area (Å²) in [6.07, 6.45) is 0. The van der Waals surface area contributed by atoms with Crippen LogP contribution in [0.15, 0.2) is 44.7 Å². The minimum absolute atomic E-state index is 0. The molecular formula is C17H20ClN3O3S. The fourth-order valence-corrected chi connectivity index (χ4v) is 3.04. The molecule has 1 N–H and O–H groups in total. The highest BCUT2D eigenvalue weighted by molar-refractivity contribution is 7.13. The number of nitrogens with zero attached hydrogens (tertiary/aromatic N) is 2. The lowest BCUT2D eigenvalue weighted by Gasteiger charge is -2.22. The number of nitrogens with one attached hydrogen (secondary N) is 1. The molecule has 0 spiro atoms. The maximum Gasteiger partial charge on any atom is 0.273 e. The summed E-state index contributed by atoms with van der Waals surface area (Å²) < 4.78 is 10.9.